The predicted molar refractivity (Wildman–Crippen MR) is 83.4 cm³/mol. The molecule has 2 aromatic carbocycles. The van der Waals surface area contributed by atoms with Gasteiger partial charge in [0.1, 0.15) is 0 Å². The van der Waals surface area contributed by atoms with E-state index in [2.05, 4.69) is 70.6 Å². The third-order valence-electron chi connectivity index (χ3n) is 2.91. The van der Waals surface area contributed by atoms with Gasteiger partial charge in [0, 0.05) is 23.8 Å². The number of benzene rings is 2. The second-order valence-corrected chi connectivity index (χ2v) is 5.44. The highest BCUT2D eigenvalue weighted by atomic mass is 79.9. The summed E-state index contributed by atoms with van der Waals surface area (Å²) in [5, 5.41) is 3.45. The smallest absolute Gasteiger partial charge is 0.0713 e. The fourth-order valence-electron chi connectivity index (χ4n) is 1.97. The maximum atomic E-state index is 5.15. The van der Waals surface area contributed by atoms with Crippen molar-refractivity contribution in [3.05, 3.63) is 63.6 Å². The average molecular weight is 320 g/mol. The molecule has 2 nitrogen and oxygen atoms in total. The van der Waals surface area contributed by atoms with Gasteiger partial charge in [-0.25, -0.2) is 0 Å². The lowest BCUT2D eigenvalue weighted by Crippen LogP contribution is -2.01. The minimum atomic E-state index is 0.655. The van der Waals surface area contributed by atoms with Gasteiger partial charge in [0.2, 0.25) is 0 Å². The van der Waals surface area contributed by atoms with Crippen LogP contribution in [-0.2, 0) is 17.9 Å². The van der Waals surface area contributed by atoms with Gasteiger partial charge < -0.3 is 10.1 Å². The summed E-state index contributed by atoms with van der Waals surface area (Å²) in [6.07, 6.45) is 0. The van der Waals surface area contributed by atoms with Crippen molar-refractivity contribution in [2.75, 3.05) is 12.4 Å². The molecule has 0 saturated carbocycles. The first-order valence-electron chi connectivity index (χ1n) is 6.26. The first-order valence-corrected chi connectivity index (χ1v) is 7.05. The number of anilines is 1. The standard InChI is InChI=1S/C16H18BrNO/c1-12-6-7-15(17)16(8-12)18-10-13-4-3-5-14(9-13)11-19-2/h3-9,18H,10-11H2,1-2H3. The number of hydrogen-bond donors (Lipinski definition) is 1. The van der Waals surface area contributed by atoms with E-state index in [1.165, 1.54) is 16.7 Å². The van der Waals surface area contributed by atoms with Crippen LogP contribution in [-0.4, -0.2) is 7.11 Å². The minimum absolute atomic E-state index is 0.655. The van der Waals surface area contributed by atoms with Crippen LogP contribution in [0.3, 0.4) is 0 Å². The molecular formula is C16H18BrNO. The van der Waals surface area contributed by atoms with Crippen LogP contribution < -0.4 is 5.32 Å². The van der Waals surface area contributed by atoms with Crippen LogP contribution in [0.15, 0.2) is 46.9 Å². The number of methoxy groups -OCH3 is 1. The molecule has 19 heavy (non-hydrogen) atoms. The van der Waals surface area contributed by atoms with Crippen molar-refractivity contribution in [2.24, 2.45) is 0 Å². The van der Waals surface area contributed by atoms with Crippen molar-refractivity contribution in [3.63, 3.8) is 0 Å². The number of rotatable bonds is 5. The van der Waals surface area contributed by atoms with E-state index in [-0.39, 0.29) is 0 Å². The quantitative estimate of drug-likeness (QED) is 0.875. The SMILES string of the molecule is COCc1cccc(CNc2cc(C)ccc2Br)c1. The normalized spacial score (nSPS) is 10.5. The topological polar surface area (TPSA) is 21.3 Å². The molecule has 100 valence electrons. The highest BCUT2D eigenvalue weighted by molar-refractivity contribution is 9.10. The summed E-state index contributed by atoms with van der Waals surface area (Å²) in [6, 6.07) is 14.7. The Morgan fingerprint density at radius 1 is 1.11 bits per heavy atom. The van der Waals surface area contributed by atoms with Gasteiger partial charge >= 0.3 is 0 Å². The van der Waals surface area contributed by atoms with Gasteiger partial charge in [-0.15, -0.1) is 0 Å². The fourth-order valence-corrected chi connectivity index (χ4v) is 2.35. The second-order valence-electron chi connectivity index (χ2n) is 4.59. The van der Waals surface area contributed by atoms with Crippen LogP contribution >= 0.6 is 15.9 Å². The third kappa shape index (κ3) is 4.08. The Balaban J connectivity index is 2.05. The van der Waals surface area contributed by atoms with Crippen molar-refractivity contribution in [1.29, 1.82) is 0 Å². The van der Waals surface area contributed by atoms with Crippen LogP contribution in [0.25, 0.3) is 0 Å². The van der Waals surface area contributed by atoms with Crippen molar-refractivity contribution in [2.45, 2.75) is 20.1 Å². The van der Waals surface area contributed by atoms with Crippen molar-refractivity contribution in [1.82, 2.24) is 0 Å². The lowest BCUT2D eigenvalue weighted by Gasteiger charge is -2.10. The lowest BCUT2D eigenvalue weighted by molar-refractivity contribution is 0.185. The van der Waals surface area contributed by atoms with E-state index in [1.54, 1.807) is 7.11 Å². The Morgan fingerprint density at radius 3 is 2.68 bits per heavy atom. The zero-order valence-corrected chi connectivity index (χ0v) is 12.8. The van der Waals surface area contributed by atoms with Crippen LogP contribution in [0.4, 0.5) is 5.69 Å². The van der Waals surface area contributed by atoms with Crippen LogP contribution in [0.1, 0.15) is 16.7 Å². The van der Waals surface area contributed by atoms with Gasteiger partial charge in [-0.2, -0.15) is 0 Å². The van der Waals surface area contributed by atoms with E-state index in [1.807, 2.05) is 0 Å². The number of nitrogens with one attached hydrogen (secondary N) is 1. The molecule has 0 aliphatic carbocycles. The van der Waals surface area contributed by atoms with Gasteiger partial charge in [0.25, 0.3) is 0 Å². The minimum Gasteiger partial charge on any atom is -0.380 e. The van der Waals surface area contributed by atoms with Gasteiger partial charge in [-0.3, -0.25) is 0 Å². The Kier molecular flexibility index (Phi) is 5.00. The summed E-state index contributed by atoms with van der Waals surface area (Å²) in [5.41, 5.74) is 4.82. The van der Waals surface area contributed by atoms with E-state index in [4.69, 9.17) is 4.74 Å². The molecule has 0 aliphatic heterocycles. The molecule has 0 heterocycles. The Hall–Kier alpha value is -1.32. The van der Waals surface area contributed by atoms with Crippen LogP contribution in [0, 0.1) is 6.92 Å². The number of halogens is 1. The van der Waals surface area contributed by atoms with Crippen LogP contribution in [0.2, 0.25) is 0 Å². The predicted octanol–water partition coefficient (Wildman–Crippen LogP) is 4.52. The van der Waals surface area contributed by atoms with E-state index in [0.29, 0.717) is 6.61 Å². The average Bonchev–Trinajstić information content (AvgIpc) is 2.41. The monoisotopic (exact) mass is 319 g/mol. The van der Waals surface area contributed by atoms with Crippen molar-refractivity contribution < 1.29 is 4.74 Å². The Morgan fingerprint density at radius 2 is 1.89 bits per heavy atom. The largest absolute Gasteiger partial charge is 0.380 e. The molecule has 0 aromatic heterocycles. The molecule has 0 atom stereocenters. The van der Waals surface area contributed by atoms with Crippen molar-refractivity contribution >= 4 is 21.6 Å². The Bertz CT molecular complexity index is 554. The molecule has 0 saturated heterocycles. The molecule has 0 spiro atoms. The zero-order valence-electron chi connectivity index (χ0n) is 11.2. The first kappa shape index (κ1) is 14.1. The highest BCUT2D eigenvalue weighted by Gasteiger charge is 2.01. The highest BCUT2D eigenvalue weighted by Crippen LogP contribution is 2.24. The van der Waals surface area contributed by atoms with Gasteiger partial charge in [0.05, 0.1) is 6.61 Å². The summed E-state index contributed by atoms with van der Waals surface area (Å²) in [4.78, 5) is 0. The van der Waals surface area contributed by atoms with E-state index in [0.717, 1.165) is 16.7 Å². The zero-order chi connectivity index (χ0) is 13.7. The number of aryl methyl sites for hydroxylation is 1. The molecule has 2 aromatic rings. The lowest BCUT2D eigenvalue weighted by atomic mass is 10.1. The number of hydrogen-bond acceptors (Lipinski definition) is 2. The van der Waals surface area contributed by atoms with Crippen LogP contribution in [0.5, 0.6) is 0 Å². The second kappa shape index (κ2) is 6.73. The van der Waals surface area contributed by atoms with Gasteiger partial charge in [-0.1, -0.05) is 30.3 Å². The van der Waals surface area contributed by atoms with Gasteiger partial charge in [0.15, 0.2) is 0 Å². The molecule has 0 aliphatic rings. The summed E-state index contributed by atoms with van der Waals surface area (Å²) < 4.78 is 6.24. The maximum absolute atomic E-state index is 5.15. The molecule has 2 rings (SSSR count). The van der Waals surface area contributed by atoms with E-state index in [9.17, 15) is 0 Å². The molecule has 0 radical (unpaired) electrons. The summed E-state index contributed by atoms with van der Waals surface area (Å²) in [6.45, 7) is 3.55. The number of ether oxygens (including phenoxy) is 1. The molecule has 3 heteroatoms. The summed E-state index contributed by atoms with van der Waals surface area (Å²) >= 11 is 3.56. The molecule has 0 bridgehead atoms. The first-order chi connectivity index (χ1) is 9.19. The van der Waals surface area contributed by atoms with Gasteiger partial charge in [-0.05, 0) is 51.7 Å². The molecule has 1 N–H and O–H groups in total. The molecule has 0 amide bonds. The van der Waals surface area contributed by atoms with E-state index < -0.39 is 0 Å². The third-order valence-corrected chi connectivity index (χ3v) is 3.60. The fraction of sp³-hybridized carbons (Fsp3) is 0.250. The van der Waals surface area contributed by atoms with E-state index >= 15 is 0 Å². The molecule has 0 unspecified atom stereocenters. The molecule has 0 fully saturated rings. The van der Waals surface area contributed by atoms with Crippen molar-refractivity contribution in [3.8, 4) is 0 Å². The Labute approximate surface area is 122 Å². The molecular weight excluding hydrogens is 302 g/mol. The summed E-state index contributed by atoms with van der Waals surface area (Å²) in [5.74, 6) is 0. The maximum Gasteiger partial charge on any atom is 0.0713 e. The summed E-state index contributed by atoms with van der Waals surface area (Å²) in [7, 11) is 1.72.